The molecule has 2 aliphatic heterocycles. The zero-order valence-corrected chi connectivity index (χ0v) is 15.7. The van der Waals surface area contributed by atoms with Crippen LogP contribution in [-0.2, 0) is 10.2 Å². The first kappa shape index (κ1) is 17.4. The van der Waals surface area contributed by atoms with Crippen molar-refractivity contribution in [1.29, 1.82) is 0 Å². The summed E-state index contributed by atoms with van der Waals surface area (Å²) in [6.45, 7) is 0.558. The van der Waals surface area contributed by atoms with E-state index in [1.165, 1.54) is 6.07 Å². The number of carbonyl (C=O) groups is 2. The van der Waals surface area contributed by atoms with E-state index in [1.54, 1.807) is 11.0 Å². The Morgan fingerprint density at radius 2 is 1.86 bits per heavy atom. The van der Waals surface area contributed by atoms with E-state index < -0.39 is 0 Å². The third-order valence-corrected chi connectivity index (χ3v) is 6.63. The van der Waals surface area contributed by atoms with Crippen molar-refractivity contribution < 1.29 is 14.0 Å². The molecule has 28 heavy (non-hydrogen) atoms. The molecule has 5 heteroatoms. The van der Waals surface area contributed by atoms with Crippen molar-refractivity contribution in [3.63, 3.8) is 0 Å². The van der Waals surface area contributed by atoms with Crippen molar-refractivity contribution in [2.75, 3.05) is 11.4 Å². The zero-order valence-electron chi connectivity index (χ0n) is 15.7. The Kier molecular flexibility index (Phi) is 4.00. The summed E-state index contributed by atoms with van der Waals surface area (Å²) in [6, 6.07) is 12.6. The second-order valence-electron chi connectivity index (χ2n) is 8.29. The third kappa shape index (κ3) is 2.64. The van der Waals surface area contributed by atoms with E-state index >= 15 is 0 Å². The van der Waals surface area contributed by atoms with Crippen LogP contribution >= 0.6 is 0 Å². The van der Waals surface area contributed by atoms with Gasteiger partial charge in [0, 0.05) is 29.5 Å². The van der Waals surface area contributed by atoms with Crippen molar-refractivity contribution in [1.82, 2.24) is 5.32 Å². The average molecular weight is 378 g/mol. The van der Waals surface area contributed by atoms with Crippen molar-refractivity contribution in [2.24, 2.45) is 0 Å². The number of nitrogens with zero attached hydrogens (tertiary/aromatic N) is 1. The highest BCUT2D eigenvalue weighted by molar-refractivity contribution is 6.07. The predicted octanol–water partition coefficient (Wildman–Crippen LogP) is 4.25. The summed E-state index contributed by atoms with van der Waals surface area (Å²) >= 11 is 0. The average Bonchev–Trinajstić information content (AvgIpc) is 3.42. The van der Waals surface area contributed by atoms with E-state index in [-0.39, 0.29) is 29.1 Å². The normalized spacial score (nSPS) is 22.5. The molecule has 0 radical (unpaired) electrons. The summed E-state index contributed by atoms with van der Waals surface area (Å²) in [5.74, 6) is -0.206. The fourth-order valence-corrected chi connectivity index (χ4v) is 5.25. The standard InChI is InChI=1S/C23H23FN2O2/c24-17-4-3-5-19-21(17)23(12-1-2-13-23)14-26(19)22(28)16-8-6-15(7-9-16)18-10-11-20(27)25-18/h3-9,18H,1-2,10-14H2,(H,25,27). The van der Waals surface area contributed by atoms with E-state index in [2.05, 4.69) is 5.32 Å². The van der Waals surface area contributed by atoms with Gasteiger partial charge < -0.3 is 10.2 Å². The van der Waals surface area contributed by atoms with Crippen LogP contribution in [0.1, 0.15) is 66.1 Å². The summed E-state index contributed by atoms with van der Waals surface area (Å²) in [4.78, 5) is 26.5. The van der Waals surface area contributed by atoms with Gasteiger partial charge in [-0.25, -0.2) is 4.39 Å². The largest absolute Gasteiger partial charge is 0.349 e. The van der Waals surface area contributed by atoms with Gasteiger partial charge in [-0.2, -0.15) is 0 Å². The molecule has 1 atom stereocenters. The highest BCUT2D eigenvalue weighted by atomic mass is 19.1. The van der Waals surface area contributed by atoms with E-state index in [4.69, 9.17) is 0 Å². The van der Waals surface area contributed by atoms with Crippen molar-refractivity contribution in [2.45, 2.75) is 50.0 Å². The van der Waals surface area contributed by atoms with Crippen LogP contribution in [0.5, 0.6) is 0 Å². The van der Waals surface area contributed by atoms with E-state index in [9.17, 15) is 14.0 Å². The lowest BCUT2D eigenvalue weighted by Crippen LogP contribution is -2.35. The Bertz CT molecular complexity index is 948. The second kappa shape index (κ2) is 6.43. The maximum absolute atomic E-state index is 14.7. The number of carbonyl (C=O) groups excluding carboxylic acids is 2. The summed E-state index contributed by atoms with van der Waals surface area (Å²) < 4.78 is 14.7. The van der Waals surface area contributed by atoms with Crippen LogP contribution < -0.4 is 10.2 Å². The first-order valence-electron chi connectivity index (χ1n) is 10.1. The Balaban J connectivity index is 1.44. The lowest BCUT2D eigenvalue weighted by atomic mass is 9.80. The molecule has 0 aromatic heterocycles. The van der Waals surface area contributed by atoms with Crippen LogP contribution in [0.25, 0.3) is 0 Å². The van der Waals surface area contributed by atoms with Gasteiger partial charge in [0.1, 0.15) is 5.82 Å². The molecule has 1 saturated heterocycles. The summed E-state index contributed by atoms with van der Waals surface area (Å²) in [6.07, 6.45) is 5.36. The van der Waals surface area contributed by atoms with Crippen LogP contribution in [0, 0.1) is 5.82 Å². The van der Waals surface area contributed by atoms with Gasteiger partial charge in [0.2, 0.25) is 5.91 Å². The molecule has 2 aromatic carbocycles. The van der Waals surface area contributed by atoms with Crippen LogP contribution in [0.2, 0.25) is 0 Å². The van der Waals surface area contributed by atoms with Gasteiger partial charge in [-0.15, -0.1) is 0 Å². The quantitative estimate of drug-likeness (QED) is 0.849. The molecule has 144 valence electrons. The van der Waals surface area contributed by atoms with Crippen LogP contribution in [-0.4, -0.2) is 18.4 Å². The van der Waals surface area contributed by atoms with Gasteiger partial charge in [0.05, 0.1) is 11.7 Å². The monoisotopic (exact) mass is 378 g/mol. The van der Waals surface area contributed by atoms with E-state index in [1.807, 2.05) is 30.3 Å². The first-order chi connectivity index (χ1) is 13.6. The lowest BCUT2D eigenvalue weighted by Gasteiger charge is -2.25. The van der Waals surface area contributed by atoms with Crippen LogP contribution in [0.15, 0.2) is 42.5 Å². The van der Waals surface area contributed by atoms with Gasteiger partial charge in [0.25, 0.3) is 5.91 Å². The zero-order chi connectivity index (χ0) is 19.3. The summed E-state index contributed by atoms with van der Waals surface area (Å²) in [5.41, 5.74) is 2.83. The predicted molar refractivity (Wildman–Crippen MR) is 105 cm³/mol. The molecule has 1 spiro atoms. The van der Waals surface area contributed by atoms with Crippen LogP contribution in [0.3, 0.4) is 0 Å². The van der Waals surface area contributed by atoms with Gasteiger partial charge in [-0.1, -0.05) is 31.0 Å². The molecule has 1 N–H and O–H groups in total. The lowest BCUT2D eigenvalue weighted by molar-refractivity contribution is -0.119. The Morgan fingerprint density at radius 1 is 1.11 bits per heavy atom. The molecular formula is C23H23FN2O2. The molecule has 4 nitrogen and oxygen atoms in total. The Labute approximate surface area is 163 Å². The number of benzene rings is 2. The number of halogens is 1. The molecule has 3 aliphatic rings. The minimum absolute atomic E-state index is 0.0278. The van der Waals surface area contributed by atoms with E-state index in [0.29, 0.717) is 18.5 Å². The summed E-state index contributed by atoms with van der Waals surface area (Å²) in [7, 11) is 0. The molecule has 1 aliphatic carbocycles. The molecule has 5 rings (SSSR count). The maximum atomic E-state index is 14.7. The molecule has 2 aromatic rings. The van der Waals surface area contributed by atoms with Crippen LogP contribution in [0.4, 0.5) is 10.1 Å². The Hall–Kier alpha value is -2.69. The minimum Gasteiger partial charge on any atom is -0.349 e. The summed E-state index contributed by atoms with van der Waals surface area (Å²) in [5, 5.41) is 2.95. The van der Waals surface area contributed by atoms with Crippen molar-refractivity contribution >= 4 is 17.5 Å². The molecule has 0 bridgehead atoms. The molecule has 2 amide bonds. The minimum atomic E-state index is -0.232. The number of amides is 2. The number of anilines is 1. The number of hydrogen-bond donors (Lipinski definition) is 1. The fourth-order valence-electron chi connectivity index (χ4n) is 5.25. The highest BCUT2D eigenvalue weighted by Gasteiger charge is 2.48. The van der Waals surface area contributed by atoms with Crippen molar-refractivity contribution in [3.05, 3.63) is 65.0 Å². The van der Waals surface area contributed by atoms with Gasteiger partial charge in [-0.05, 0) is 49.1 Å². The number of fused-ring (bicyclic) bond motifs is 2. The highest BCUT2D eigenvalue weighted by Crippen LogP contribution is 2.51. The SMILES string of the molecule is O=C1CCC(c2ccc(C(=O)N3CC4(CCCC4)c4c(F)cccc43)cc2)N1. The molecule has 1 unspecified atom stereocenters. The topological polar surface area (TPSA) is 49.4 Å². The maximum Gasteiger partial charge on any atom is 0.258 e. The first-order valence-corrected chi connectivity index (χ1v) is 10.1. The smallest absolute Gasteiger partial charge is 0.258 e. The molecular weight excluding hydrogens is 355 g/mol. The van der Waals surface area contributed by atoms with Crippen molar-refractivity contribution in [3.8, 4) is 0 Å². The fraction of sp³-hybridized carbons (Fsp3) is 0.391. The molecule has 2 heterocycles. The number of rotatable bonds is 2. The third-order valence-electron chi connectivity index (χ3n) is 6.63. The molecule has 1 saturated carbocycles. The van der Waals surface area contributed by atoms with E-state index in [0.717, 1.165) is 48.9 Å². The van der Waals surface area contributed by atoms with Gasteiger partial charge >= 0.3 is 0 Å². The van der Waals surface area contributed by atoms with Gasteiger partial charge in [0.15, 0.2) is 0 Å². The second-order valence-corrected chi connectivity index (χ2v) is 8.29. The van der Waals surface area contributed by atoms with Gasteiger partial charge in [-0.3, -0.25) is 9.59 Å². The number of nitrogens with one attached hydrogen (secondary N) is 1. The Morgan fingerprint density at radius 3 is 2.54 bits per heavy atom. The number of hydrogen-bond acceptors (Lipinski definition) is 2. The molecule has 2 fully saturated rings.